The fourth-order valence-electron chi connectivity index (χ4n) is 1.07. The molecule has 0 saturated carbocycles. The van der Waals surface area contributed by atoms with E-state index < -0.39 is 12.9 Å². The molecule has 0 fully saturated rings. The largest absolute Gasteiger partial charge is 0.493 e. The molecule has 0 aliphatic carbocycles. The van der Waals surface area contributed by atoms with E-state index in [0.717, 1.165) is 4.68 Å². The second-order valence-electron chi connectivity index (χ2n) is 2.53. The molecule has 0 spiro atoms. The van der Waals surface area contributed by atoms with E-state index in [0.29, 0.717) is 5.69 Å². The molecule has 0 atom stereocenters. The molecule has 0 aliphatic heterocycles. The van der Waals surface area contributed by atoms with Crippen LogP contribution in [0.2, 0.25) is 0 Å². The van der Waals surface area contributed by atoms with Gasteiger partial charge in [-0.15, -0.1) is 0 Å². The van der Waals surface area contributed by atoms with Crippen LogP contribution in [0.3, 0.4) is 0 Å². The summed E-state index contributed by atoms with van der Waals surface area (Å²) in [5.74, 6) is -0.215. The number of benzene rings is 1. The number of para-hydroxylation sites is 1. The summed E-state index contributed by atoms with van der Waals surface area (Å²) in [6, 6.07) is 8.23. The maximum absolute atomic E-state index is 7.68. The Morgan fingerprint density at radius 1 is 1.54 bits per heavy atom. The van der Waals surface area contributed by atoms with Gasteiger partial charge in [-0.25, -0.2) is 4.68 Å². The Hall–Kier alpha value is -1.77. The van der Waals surface area contributed by atoms with E-state index in [2.05, 4.69) is 10.2 Å². The monoisotopic (exact) mass is 179 g/mol. The quantitative estimate of drug-likeness (QED) is 0.764. The van der Waals surface area contributed by atoms with E-state index >= 15 is 0 Å². The Morgan fingerprint density at radius 3 is 3.08 bits per heavy atom. The molecule has 13 heavy (non-hydrogen) atoms. The van der Waals surface area contributed by atoms with Gasteiger partial charge < -0.3 is 5.11 Å². The molecule has 2 aromatic rings. The molecule has 3 heteroatoms. The van der Waals surface area contributed by atoms with Crippen LogP contribution in [0.5, 0.6) is 5.88 Å². The second kappa shape index (κ2) is 2.94. The average molecular weight is 179 g/mol. The number of aromatic nitrogens is 2. The van der Waals surface area contributed by atoms with Crippen molar-refractivity contribution in [2.75, 3.05) is 0 Å². The lowest BCUT2D eigenvalue weighted by atomic mass is 10.3. The van der Waals surface area contributed by atoms with Crippen LogP contribution in [0, 0.1) is 6.85 Å². The summed E-state index contributed by atoms with van der Waals surface area (Å²) in [5.41, 5.74) is 0.150. The fourth-order valence-corrected chi connectivity index (χ4v) is 1.07. The molecule has 1 N–H and O–H groups in total. The number of nitrogens with zero attached hydrogens (tertiary/aromatic N) is 2. The Labute approximate surface area is 83.4 Å². The third-order valence-corrected chi connectivity index (χ3v) is 1.62. The Kier molecular flexibility index (Phi) is 0.894. The predicted molar refractivity (Wildman–Crippen MR) is 50.0 cm³/mol. The van der Waals surface area contributed by atoms with Gasteiger partial charge in [0.1, 0.15) is 0 Å². The lowest BCUT2D eigenvalue weighted by Crippen LogP contribution is -1.94. The van der Waals surface area contributed by atoms with E-state index in [9.17, 15) is 0 Å². The molecule has 1 aromatic carbocycles. The van der Waals surface area contributed by atoms with E-state index in [1.807, 2.05) is 0 Å². The fraction of sp³-hybridized carbons (Fsp3) is 0.100. The predicted octanol–water partition coefficient (Wildman–Crippen LogP) is 1.89. The summed E-state index contributed by atoms with van der Waals surface area (Å²) in [4.78, 5) is 0. The van der Waals surface area contributed by atoms with Gasteiger partial charge >= 0.3 is 0 Å². The normalized spacial score (nSPS) is 16.5. The molecule has 2 rings (SSSR count). The van der Waals surface area contributed by atoms with Crippen LogP contribution >= 0.6 is 0 Å². The van der Waals surface area contributed by atoms with Crippen LogP contribution in [0.15, 0.2) is 36.4 Å². The van der Waals surface area contributed by atoms with Crippen molar-refractivity contribution in [1.82, 2.24) is 9.78 Å². The molecule has 1 aromatic heterocycles. The van der Waals surface area contributed by atoms with Gasteiger partial charge in [0, 0.05) is 10.2 Å². The minimum Gasteiger partial charge on any atom is -0.493 e. The van der Waals surface area contributed by atoms with Crippen molar-refractivity contribution in [1.29, 1.82) is 1.43 Å². The zero-order chi connectivity index (χ0) is 13.3. The Balaban J connectivity index is 2.62. The lowest BCUT2D eigenvalue weighted by molar-refractivity contribution is 0.433. The van der Waals surface area contributed by atoms with E-state index in [4.69, 9.17) is 6.91 Å². The minimum atomic E-state index is -2.51. The zero-order valence-corrected chi connectivity index (χ0v) is 6.69. The van der Waals surface area contributed by atoms with Crippen molar-refractivity contribution in [2.24, 2.45) is 0 Å². The number of hydrogen-bond acceptors (Lipinski definition) is 2. The molecule has 1 heterocycles. The minimum absolute atomic E-state index is 0.215. The molecule has 0 amide bonds. The van der Waals surface area contributed by atoms with Crippen LogP contribution < -0.4 is 0 Å². The molecule has 3 nitrogen and oxygen atoms in total. The number of hydrogen-bond donors (Lipinski definition) is 1. The van der Waals surface area contributed by atoms with Crippen LogP contribution in [0.4, 0.5) is 0 Å². The van der Waals surface area contributed by atoms with Crippen molar-refractivity contribution in [3.05, 3.63) is 42.1 Å². The summed E-state index contributed by atoms with van der Waals surface area (Å²) in [7, 11) is 0. The van der Waals surface area contributed by atoms with Gasteiger partial charge in [0.25, 0.3) is 1.43 Å². The second-order valence-corrected chi connectivity index (χ2v) is 2.53. The maximum atomic E-state index is 7.68. The first-order valence-electron chi connectivity index (χ1n) is 6.14. The highest BCUT2D eigenvalue weighted by Crippen LogP contribution is 2.16. The molecule has 0 unspecified atom stereocenters. The molecule has 66 valence electrons. The van der Waals surface area contributed by atoms with Crippen LogP contribution in [0.25, 0.3) is 5.69 Å². The van der Waals surface area contributed by atoms with E-state index in [1.165, 1.54) is 0 Å². The smallest absolute Gasteiger partial charge is 0.295 e. The van der Waals surface area contributed by atoms with Crippen molar-refractivity contribution < 1.29 is 10.6 Å². The van der Waals surface area contributed by atoms with Gasteiger partial charge in [-0.05, 0) is 19.0 Å². The summed E-state index contributed by atoms with van der Waals surface area (Å²) in [6.07, 6.45) is 0. The molecular weight excluding hydrogens is 164 g/mol. The first-order valence-corrected chi connectivity index (χ1v) is 3.74. The van der Waals surface area contributed by atoms with E-state index in [-0.39, 0.29) is 11.6 Å². The van der Waals surface area contributed by atoms with Crippen molar-refractivity contribution >= 4 is 0 Å². The number of aryl methyl sites for hydroxylation is 1. The topological polar surface area (TPSA) is 38.1 Å². The molecular formula is C10H10N2O. The molecule has 0 radical (unpaired) electrons. The van der Waals surface area contributed by atoms with Crippen molar-refractivity contribution in [3.63, 3.8) is 0 Å². The highest BCUT2D eigenvalue weighted by atomic mass is 16.3. The van der Waals surface area contributed by atoms with Gasteiger partial charge in [-0.1, -0.05) is 18.2 Å². The third-order valence-electron chi connectivity index (χ3n) is 1.62. The van der Waals surface area contributed by atoms with Gasteiger partial charge in [0.2, 0.25) is 5.88 Å². The molecule has 0 saturated heterocycles. The highest BCUT2D eigenvalue weighted by Gasteiger charge is 2.03. The highest BCUT2D eigenvalue weighted by molar-refractivity contribution is 5.34. The number of aromatic hydroxyl groups is 1. The van der Waals surface area contributed by atoms with Crippen molar-refractivity contribution in [2.45, 2.75) is 6.85 Å². The Bertz CT molecular complexity index is 549. The molecule has 0 aliphatic rings. The van der Waals surface area contributed by atoms with Crippen molar-refractivity contribution in [3.8, 4) is 11.6 Å². The zero-order valence-electron chi connectivity index (χ0n) is 11.7. The number of rotatable bonds is 2. The summed E-state index contributed by atoms with van der Waals surface area (Å²) in [6.45, 7) is -2.51. The van der Waals surface area contributed by atoms with Gasteiger partial charge in [0.15, 0.2) is 0 Å². The SMILES string of the molecule is [2H]Oc1c([2H])c(C([2H])([2H])[2H])nn1-c1ccccc1. The summed E-state index contributed by atoms with van der Waals surface area (Å²) >= 11 is 0. The standard InChI is InChI=1S/C10H10N2O/c1-8-7-10(13)12(11-8)9-5-3-2-4-6-9/h2-7,13H,1H3/i1D3,7D/hD. The summed E-state index contributed by atoms with van der Waals surface area (Å²) in [5, 5.41) is 8.16. The van der Waals surface area contributed by atoms with Gasteiger partial charge in [-0.3, -0.25) is 0 Å². The third kappa shape index (κ3) is 1.40. The lowest BCUT2D eigenvalue weighted by Gasteiger charge is -2.00. The molecule has 0 bridgehead atoms. The maximum Gasteiger partial charge on any atom is 0.295 e. The summed E-state index contributed by atoms with van der Waals surface area (Å²) < 4.78 is 37.6. The van der Waals surface area contributed by atoms with Crippen LogP contribution in [-0.2, 0) is 0 Å². The first-order chi connectivity index (χ1) is 8.45. The van der Waals surface area contributed by atoms with Gasteiger partial charge in [0.05, 0.1) is 12.8 Å². The van der Waals surface area contributed by atoms with Crippen LogP contribution in [0.1, 0.15) is 11.2 Å². The Morgan fingerprint density at radius 2 is 2.38 bits per heavy atom. The van der Waals surface area contributed by atoms with Crippen LogP contribution in [-0.4, -0.2) is 16.3 Å². The first kappa shape index (κ1) is 3.96. The van der Waals surface area contributed by atoms with Gasteiger partial charge in [-0.2, -0.15) is 5.10 Å². The average Bonchev–Trinajstić information content (AvgIpc) is 2.67. The van der Waals surface area contributed by atoms with E-state index in [1.54, 1.807) is 30.3 Å².